The summed E-state index contributed by atoms with van der Waals surface area (Å²) in [6.45, 7) is 11.5. The van der Waals surface area contributed by atoms with Crippen LogP contribution in [0.15, 0.2) is 12.3 Å². The summed E-state index contributed by atoms with van der Waals surface area (Å²) in [6.07, 6.45) is 2.46. The summed E-state index contributed by atoms with van der Waals surface area (Å²) in [5, 5.41) is 9.71. The molecule has 2 atom stereocenters. The maximum absolute atomic E-state index is 9.51. The van der Waals surface area contributed by atoms with Crippen LogP contribution in [-0.4, -0.2) is 32.2 Å². The molecule has 0 bridgehead atoms. The molecule has 0 unspecified atom stereocenters. The van der Waals surface area contributed by atoms with Crippen LogP contribution in [0.3, 0.4) is 0 Å². The minimum atomic E-state index is -1.72. The first-order chi connectivity index (χ1) is 6.74. The molecule has 0 saturated carbocycles. The largest absolute Gasteiger partial charge is 0.493 e. The monoisotopic (exact) mass is 230 g/mol. The third-order valence-electron chi connectivity index (χ3n) is 3.32. The Balaban J connectivity index is 2.43. The van der Waals surface area contributed by atoms with Crippen LogP contribution in [0.4, 0.5) is 0 Å². The molecular weight excluding hydrogens is 208 g/mol. The normalized spacial score (nSPS) is 26.8. The molecular formula is C11H22O3Si. The van der Waals surface area contributed by atoms with Crippen molar-refractivity contribution in [3.05, 3.63) is 12.3 Å². The van der Waals surface area contributed by atoms with Crippen LogP contribution in [0.1, 0.15) is 20.8 Å². The van der Waals surface area contributed by atoms with Crippen molar-refractivity contribution >= 4 is 8.32 Å². The van der Waals surface area contributed by atoms with Gasteiger partial charge < -0.3 is 14.3 Å². The van der Waals surface area contributed by atoms with Crippen LogP contribution < -0.4 is 0 Å². The highest BCUT2D eigenvalue weighted by Crippen LogP contribution is 2.36. The standard InChI is InChI=1S/C11H22O3Si/c1-11(2,3)15(4,5)14-8-10-9(12)6-7-13-10/h6-7,9-10,12H,8H2,1-5H3/t9-,10+/m1/s1. The fourth-order valence-electron chi connectivity index (χ4n) is 1.08. The van der Waals surface area contributed by atoms with E-state index in [2.05, 4.69) is 33.9 Å². The van der Waals surface area contributed by atoms with Gasteiger partial charge in [0.05, 0.1) is 12.9 Å². The molecule has 88 valence electrons. The van der Waals surface area contributed by atoms with Gasteiger partial charge in [0.25, 0.3) is 0 Å². The number of aliphatic hydroxyl groups excluding tert-OH is 1. The topological polar surface area (TPSA) is 38.7 Å². The number of ether oxygens (including phenoxy) is 1. The Morgan fingerprint density at radius 2 is 2.00 bits per heavy atom. The van der Waals surface area contributed by atoms with E-state index in [0.717, 1.165) is 0 Å². The molecule has 1 aliphatic rings. The average Bonchev–Trinajstić information content (AvgIpc) is 2.46. The van der Waals surface area contributed by atoms with Crippen LogP contribution in [0.2, 0.25) is 18.1 Å². The summed E-state index contributed by atoms with van der Waals surface area (Å²) in [6, 6.07) is 0. The molecule has 0 aromatic heterocycles. The van der Waals surface area contributed by atoms with E-state index in [9.17, 15) is 5.11 Å². The van der Waals surface area contributed by atoms with Gasteiger partial charge in [-0.2, -0.15) is 0 Å². The van der Waals surface area contributed by atoms with Crippen molar-refractivity contribution in [3.63, 3.8) is 0 Å². The van der Waals surface area contributed by atoms with Crippen molar-refractivity contribution in [2.45, 2.75) is 51.1 Å². The molecule has 0 aliphatic carbocycles. The van der Waals surface area contributed by atoms with E-state index in [1.54, 1.807) is 12.3 Å². The zero-order valence-electron chi connectivity index (χ0n) is 10.3. The molecule has 0 saturated heterocycles. The molecule has 0 fully saturated rings. The molecule has 15 heavy (non-hydrogen) atoms. The quantitative estimate of drug-likeness (QED) is 0.756. The maximum atomic E-state index is 9.51. The predicted molar refractivity (Wildman–Crippen MR) is 63.2 cm³/mol. The van der Waals surface area contributed by atoms with E-state index in [1.807, 2.05) is 0 Å². The highest BCUT2D eigenvalue weighted by Gasteiger charge is 2.38. The van der Waals surface area contributed by atoms with Gasteiger partial charge in [-0.1, -0.05) is 20.8 Å². The summed E-state index contributed by atoms with van der Waals surface area (Å²) >= 11 is 0. The highest BCUT2D eigenvalue weighted by molar-refractivity contribution is 6.74. The molecule has 0 spiro atoms. The zero-order chi connectivity index (χ0) is 11.7. The molecule has 0 amide bonds. The van der Waals surface area contributed by atoms with Gasteiger partial charge in [0.1, 0.15) is 12.2 Å². The average molecular weight is 230 g/mol. The van der Waals surface area contributed by atoms with Crippen LogP contribution in [0.5, 0.6) is 0 Å². The van der Waals surface area contributed by atoms with Gasteiger partial charge in [0.15, 0.2) is 8.32 Å². The molecule has 0 aromatic carbocycles. The first-order valence-corrected chi connectivity index (χ1v) is 8.29. The Labute approximate surface area is 93.2 Å². The highest BCUT2D eigenvalue weighted by atomic mass is 28.4. The van der Waals surface area contributed by atoms with Crippen LogP contribution in [0, 0.1) is 0 Å². The molecule has 1 rings (SSSR count). The lowest BCUT2D eigenvalue weighted by Crippen LogP contribution is -2.43. The lowest BCUT2D eigenvalue weighted by atomic mass is 10.2. The smallest absolute Gasteiger partial charge is 0.192 e. The Kier molecular flexibility index (Phi) is 3.63. The van der Waals surface area contributed by atoms with Crippen LogP contribution >= 0.6 is 0 Å². The summed E-state index contributed by atoms with van der Waals surface area (Å²) in [4.78, 5) is 0. The second-order valence-electron chi connectivity index (χ2n) is 5.56. The fourth-order valence-corrected chi connectivity index (χ4v) is 2.09. The maximum Gasteiger partial charge on any atom is 0.192 e. The number of rotatable bonds is 3. The van der Waals surface area contributed by atoms with Crippen molar-refractivity contribution in [1.29, 1.82) is 0 Å². The third kappa shape index (κ3) is 3.06. The summed E-state index contributed by atoms with van der Waals surface area (Å²) in [7, 11) is -1.72. The number of hydrogen-bond donors (Lipinski definition) is 1. The van der Waals surface area contributed by atoms with Gasteiger partial charge in [-0.05, 0) is 24.2 Å². The molecule has 0 aromatic rings. The SMILES string of the molecule is CC(C)(C)[Si](C)(C)OC[C@@H]1OC=C[C@H]1O. The van der Waals surface area contributed by atoms with Crippen LogP contribution in [-0.2, 0) is 9.16 Å². The van der Waals surface area contributed by atoms with Crippen molar-refractivity contribution < 1.29 is 14.3 Å². The van der Waals surface area contributed by atoms with E-state index < -0.39 is 14.4 Å². The fraction of sp³-hybridized carbons (Fsp3) is 0.818. The van der Waals surface area contributed by atoms with Crippen molar-refractivity contribution in [1.82, 2.24) is 0 Å². The Bertz CT molecular complexity index is 243. The molecule has 1 heterocycles. The molecule has 1 N–H and O–H groups in total. The van der Waals surface area contributed by atoms with Gasteiger partial charge in [-0.3, -0.25) is 0 Å². The van der Waals surface area contributed by atoms with Crippen LogP contribution in [0.25, 0.3) is 0 Å². The van der Waals surface area contributed by atoms with Crippen molar-refractivity contribution in [2.24, 2.45) is 0 Å². The van der Waals surface area contributed by atoms with E-state index in [1.165, 1.54) is 0 Å². The van der Waals surface area contributed by atoms with Gasteiger partial charge in [-0.15, -0.1) is 0 Å². The molecule has 4 heteroatoms. The van der Waals surface area contributed by atoms with Crippen molar-refractivity contribution in [3.8, 4) is 0 Å². The van der Waals surface area contributed by atoms with E-state index in [4.69, 9.17) is 9.16 Å². The Morgan fingerprint density at radius 1 is 1.40 bits per heavy atom. The lowest BCUT2D eigenvalue weighted by Gasteiger charge is -2.37. The first kappa shape index (κ1) is 12.7. The number of aliphatic hydroxyl groups is 1. The van der Waals surface area contributed by atoms with E-state index >= 15 is 0 Å². The molecule has 3 nitrogen and oxygen atoms in total. The van der Waals surface area contributed by atoms with Gasteiger partial charge in [0, 0.05) is 0 Å². The summed E-state index contributed by atoms with van der Waals surface area (Å²) < 4.78 is 11.2. The zero-order valence-corrected chi connectivity index (χ0v) is 11.3. The molecule has 1 aliphatic heterocycles. The van der Waals surface area contributed by atoms with E-state index in [-0.39, 0.29) is 11.1 Å². The molecule has 0 radical (unpaired) electrons. The Morgan fingerprint density at radius 3 is 2.40 bits per heavy atom. The summed E-state index contributed by atoms with van der Waals surface area (Å²) in [5.41, 5.74) is 0. The first-order valence-electron chi connectivity index (χ1n) is 5.38. The summed E-state index contributed by atoms with van der Waals surface area (Å²) in [5.74, 6) is 0. The van der Waals surface area contributed by atoms with Gasteiger partial charge in [0.2, 0.25) is 0 Å². The van der Waals surface area contributed by atoms with Crippen molar-refractivity contribution in [2.75, 3.05) is 6.61 Å². The predicted octanol–water partition coefficient (Wildman–Crippen LogP) is 2.28. The second kappa shape index (κ2) is 4.27. The van der Waals surface area contributed by atoms with Gasteiger partial charge >= 0.3 is 0 Å². The minimum Gasteiger partial charge on any atom is -0.493 e. The lowest BCUT2D eigenvalue weighted by molar-refractivity contribution is 0.0253. The Hall–Kier alpha value is -0.323. The number of hydrogen-bond acceptors (Lipinski definition) is 3. The van der Waals surface area contributed by atoms with E-state index in [0.29, 0.717) is 6.61 Å². The third-order valence-corrected chi connectivity index (χ3v) is 7.83. The van der Waals surface area contributed by atoms with Gasteiger partial charge in [-0.25, -0.2) is 0 Å². The minimum absolute atomic E-state index is 0.198. The second-order valence-corrected chi connectivity index (χ2v) is 10.4.